The molecule has 0 aliphatic rings. The number of hydrogen-bond acceptors (Lipinski definition) is 8. The molecule has 0 amide bonds. The molecular formula is C11H15N3O6. The Morgan fingerprint density at radius 3 is 2.40 bits per heavy atom. The summed E-state index contributed by atoms with van der Waals surface area (Å²) in [5.74, 6) is 0. The van der Waals surface area contributed by atoms with Crippen molar-refractivity contribution in [3.05, 3.63) is 34.4 Å². The van der Waals surface area contributed by atoms with Gasteiger partial charge in [-0.05, 0) is 12.1 Å². The van der Waals surface area contributed by atoms with Gasteiger partial charge in [0.25, 0.3) is 5.69 Å². The van der Waals surface area contributed by atoms with Crippen molar-refractivity contribution in [2.45, 2.75) is 18.3 Å². The number of hydrazone groups is 1. The van der Waals surface area contributed by atoms with Crippen molar-refractivity contribution < 1.29 is 25.3 Å². The van der Waals surface area contributed by atoms with Crippen molar-refractivity contribution >= 4 is 17.6 Å². The quantitative estimate of drug-likeness (QED) is 0.247. The van der Waals surface area contributed by atoms with Gasteiger partial charge >= 0.3 is 0 Å². The first-order chi connectivity index (χ1) is 9.45. The molecule has 0 heterocycles. The highest BCUT2D eigenvalue weighted by Gasteiger charge is 2.22. The molecule has 0 saturated heterocycles. The van der Waals surface area contributed by atoms with Crippen molar-refractivity contribution in [3.8, 4) is 0 Å². The van der Waals surface area contributed by atoms with Gasteiger partial charge in [0.15, 0.2) is 0 Å². The number of rotatable bonds is 7. The maximum atomic E-state index is 10.4. The minimum absolute atomic E-state index is 0.0685. The Morgan fingerprint density at radius 1 is 1.30 bits per heavy atom. The lowest BCUT2D eigenvalue weighted by atomic mass is 10.1. The molecule has 0 spiro atoms. The molecule has 1 aromatic rings. The first-order valence-corrected chi connectivity index (χ1v) is 5.64. The van der Waals surface area contributed by atoms with E-state index < -0.39 is 29.8 Å². The molecule has 0 aromatic heterocycles. The highest BCUT2D eigenvalue weighted by atomic mass is 16.6. The van der Waals surface area contributed by atoms with Crippen LogP contribution in [0.3, 0.4) is 0 Å². The molecule has 3 atom stereocenters. The fraction of sp³-hybridized carbons (Fsp3) is 0.364. The van der Waals surface area contributed by atoms with E-state index in [0.29, 0.717) is 5.69 Å². The normalized spacial score (nSPS) is 15.8. The zero-order chi connectivity index (χ0) is 15.1. The summed E-state index contributed by atoms with van der Waals surface area (Å²) >= 11 is 0. The second-order valence-corrected chi connectivity index (χ2v) is 3.93. The van der Waals surface area contributed by atoms with Crippen LogP contribution < -0.4 is 5.43 Å². The molecule has 0 bridgehead atoms. The molecule has 9 nitrogen and oxygen atoms in total. The third-order valence-electron chi connectivity index (χ3n) is 2.43. The molecule has 9 heteroatoms. The first-order valence-electron chi connectivity index (χ1n) is 5.64. The Bertz CT molecular complexity index is 464. The number of nitrogens with one attached hydrogen (secondary N) is 1. The predicted molar refractivity (Wildman–Crippen MR) is 70.3 cm³/mol. The van der Waals surface area contributed by atoms with Crippen LogP contribution in [-0.2, 0) is 0 Å². The summed E-state index contributed by atoms with van der Waals surface area (Å²) in [6, 6.07) is 5.39. The lowest BCUT2D eigenvalue weighted by molar-refractivity contribution is -0.384. The smallest absolute Gasteiger partial charge is 0.269 e. The Morgan fingerprint density at radius 2 is 1.90 bits per heavy atom. The highest BCUT2D eigenvalue weighted by molar-refractivity contribution is 5.65. The largest absolute Gasteiger partial charge is 0.394 e. The summed E-state index contributed by atoms with van der Waals surface area (Å²) in [7, 11) is 0. The molecule has 0 aliphatic carbocycles. The number of hydrogen-bond donors (Lipinski definition) is 5. The van der Waals surface area contributed by atoms with E-state index in [-0.39, 0.29) is 5.69 Å². The summed E-state index contributed by atoms with van der Waals surface area (Å²) in [6.07, 6.45) is -3.58. The second-order valence-electron chi connectivity index (χ2n) is 3.93. The van der Waals surface area contributed by atoms with Crippen LogP contribution >= 0.6 is 0 Å². The number of aliphatic hydroxyl groups is 4. The Balaban J connectivity index is 2.53. The number of aliphatic hydroxyl groups excluding tert-OH is 4. The minimum Gasteiger partial charge on any atom is -0.394 e. The van der Waals surface area contributed by atoms with E-state index in [9.17, 15) is 20.3 Å². The predicted octanol–water partition coefficient (Wildman–Crippen LogP) is -0.933. The Labute approximate surface area is 114 Å². The number of anilines is 1. The summed E-state index contributed by atoms with van der Waals surface area (Å²) < 4.78 is 0. The number of non-ortho nitro benzene ring substituents is 1. The van der Waals surface area contributed by atoms with Gasteiger partial charge in [-0.2, -0.15) is 5.10 Å². The van der Waals surface area contributed by atoms with E-state index in [1.54, 1.807) is 0 Å². The van der Waals surface area contributed by atoms with Crippen LogP contribution in [0.4, 0.5) is 11.4 Å². The highest BCUT2D eigenvalue weighted by Crippen LogP contribution is 2.15. The average molecular weight is 285 g/mol. The molecule has 0 unspecified atom stereocenters. The van der Waals surface area contributed by atoms with Crippen molar-refractivity contribution in [3.63, 3.8) is 0 Å². The molecular weight excluding hydrogens is 270 g/mol. The molecule has 1 aromatic carbocycles. The van der Waals surface area contributed by atoms with E-state index in [0.717, 1.165) is 6.21 Å². The average Bonchev–Trinajstić information content (AvgIpc) is 2.45. The second kappa shape index (κ2) is 7.50. The van der Waals surface area contributed by atoms with E-state index in [1.807, 2.05) is 0 Å². The topological polar surface area (TPSA) is 148 Å². The van der Waals surface area contributed by atoms with Crippen molar-refractivity contribution in [1.82, 2.24) is 0 Å². The number of nitro groups is 1. The lowest BCUT2D eigenvalue weighted by Gasteiger charge is -2.18. The van der Waals surface area contributed by atoms with Gasteiger partial charge in [-0.3, -0.25) is 15.5 Å². The third-order valence-corrected chi connectivity index (χ3v) is 2.43. The first kappa shape index (κ1) is 16.0. The van der Waals surface area contributed by atoms with Gasteiger partial charge in [0.2, 0.25) is 0 Å². The van der Waals surface area contributed by atoms with Gasteiger partial charge < -0.3 is 20.4 Å². The summed E-state index contributed by atoms with van der Waals surface area (Å²) in [5.41, 5.74) is 2.86. The van der Waals surface area contributed by atoms with Crippen molar-refractivity contribution in [2.24, 2.45) is 5.10 Å². The van der Waals surface area contributed by atoms with Gasteiger partial charge in [-0.1, -0.05) is 0 Å². The molecule has 0 fully saturated rings. The molecule has 0 radical (unpaired) electrons. The number of nitrogens with zero attached hydrogens (tertiary/aromatic N) is 2. The number of benzene rings is 1. The fourth-order valence-corrected chi connectivity index (χ4v) is 1.27. The van der Waals surface area contributed by atoms with Crippen LogP contribution in [0.25, 0.3) is 0 Å². The lowest BCUT2D eigenvalue weighted by Crippen LogP contribution is -2.40. The van der Waals surface area contributed by atoms with Crippen LogP contribution in [0.5, 0.6) is 0 Å². The summed E-state index contributed by atoms with van der Waals surface area (Å²) in [4.78, 5) is 9.90. The van der Waals surface area contributed by atoms with Gasteiger partial charge in [0.1, 0.15) is 18.3 Å². The van der Waals surface area contributed by atoms with Crippen LogP contribution in [-0.4, -0.2) is 56.5 Å². The van der Waals surface area contributed by atoms with E-state index in [2.05, 4.69) is 10.5 Å². The van der Waals surface area contributed by atoms with Crippen LogP contribution in [0.15, 0.2) is 29.4 Å². The van der Waals surface area contributed by atoms with Crippen molar-refractivity contribution in [2.75, 3.05) is 12.0 Å². The van der Waals surface area contributed by atoms with E-state index in [4.69, 9.17) is 10.2 Å². The maximum absolute atomic E-state index is 10.4. The third kappa shape index (κ3) is 4.55. The molecule has 1 rings (SSSR count). The zero-order valence-corrected chi connectivity index (χ0v) is 10.3. The van der Waals surface area contributed by atoms with Crippen molar-refractivity contribution in [1.29, 1.82) is 0 Å². The van der Waals surface area contributed by atoms with Gasteiger partial charge in [-0.15, -0.1) is 0 Å². The van der Waals surface area contributed by atoms with Crippen LogP contribution in [0.2, 0.25) is 0 Å². The fourth-order valence-electron chi connectivity index (χ4n) is 1.27. The van der Waals surface area contributed by atoms with Crippen LogP contribution in [0.1, 0.15) is 0 Å². The molecule has 0 saturated carbocycles. The standard InChI is InChI=1S/C11H15N3O6/c15-6-10(17)11(18)9(16)5-12-13-7-1-3-8(4-2-7)14(19)20/h1-5,9-11,13,15-18H,6H2/b12-5-/t9-,10+,11+/m0/s1. The van der Waals surface area contributed by atoms with Crippen LogP contribution in [0, 0.1) is 10.1 Å². The SMILES string of the molecule is O=[N+]([O-])c1ccc(N/N=C\[C@H](O)[C@@H](O)[C@H](O)CO)cc1. The number of nitro benzene ring substituents is 1. The Kier molecular flexibility index (Phi) is 6.00. The molecule has 20 heavy (non-hydrogen) atoms. The Hall–Kier alpha value is -2.07. The van der Waals surface area contributed by atoms with Gasteiger partial charge in [0, 0.05) is 12.1 Å². The zero-order valence-electron chi connectivity index (χ0n) is 10.3. The van der Waals surface area contributed by atoms with Gasteiger partial charge in [0.05, 0.1) is 23.4 Å². The van der Waals surface area contributed by atoms with Gasteiger partial charge in [-0.25, -0.2) is 0 Å². The summed E-state index contributed by atoms with van der Waals surface area (Å²) in [5, 5.41) is 50.5. The molecule has 0 aliphatic heterocycles. The molecule has 110 valence electrons. The minimum atomic E-state index is -1.57. The molecule has 5 N–H and O–H groups in total. The maximum Gasteiger partial charge on any atom is 0.269 e. The monoisotopic (exact) mass is 285 g/mol. The van der Waals surface area contributed by atoms with E-state index in [1.165, 1.54) is 24.3 Å². The summed E-state index contributed by atoms with van der Waals surface area (Å²) in [6.45, 7) is -0.693. The van der Waals surface area contributed by atoms with E-state index >= 15 is 0 Å².